The number of halogens is 1. The zero-order chi connectivity index (χ0) is 22.2. The Morgan fingerprint density at radius 1 is 0.935 bits per heavy atom. The first-order valence-electron chi connectivity index (χ1n) is 10.5. The summed E-state index contributed by atoms with van der Waals surface area (Å²) in [4.78, 5) is 27.5. The molecule has 1 atom stereocenters. The van der Waals surface area contributed by atoms with Crippen LogP contribution in [-0.2, 0) is 19.6 Å². The van der Waals surface area contributed by atoms with E-state index in [0.717, 1.165) is 34.2 Å². The third-order valence-corrected chi connectivity index (χ3v) is 8.55. The molecule has 2 amide bonds. The van der Waals surface area contributed by atoms with Crippen molar-refractivity contribution in [2.24, 2.45) is 0 Å². The highest BCUT2D eigenvalue weighted by atomic mass is 79.9. The Balaban J connectivity index is 1.73. The van der Waals surface area contributed by atoms with Crippen molar-refractivity contribution in [3.05, 3.63) is 58.6 Å². The molecule has 0 spiro atoms. The second-order valence-corrected chi connectivity index (χ2v) is 11.0. The van der Waals surface area contributed by atoms with E-state index in [4.69, 9.17) is 0 Å². The highest BCUT2D eigenvalue weighted by Crippen LogP contribution is 2.35. The molecular formula is C23H25BrN2O4S. The quantitative estimate of drug-likeness (QED) is 0.565. The van der Waals surface area contributed by atoms with Crippen molar-refractivity contribution in [3.63, 3.8) is 0 Å². The van der Waals surface area contributed by atoms with Crippen LogP contribution in [0.4, 0.5) is 5.69 Å². The smallest absolute Gasteiger partial charge is 0.252 e. The fourth-order valence-corrected chi connectivity index (χ4v) is 6.55. The van der Waals surface area contributed by atoms with Crippen molar-refractivity contribution in [2.45, 2.75) is 62.4 Å². The standard InChI is InChI=1S/C23H25BrN2O4S/c1-16-7-11-18(12-8-16)25-22(27)15-21(23(25)28)26(19-5-3-2-4-6-19)31(29,30)20-13-9-17(24)10-14-20/h7-14,19,21H,2-6,15H2,1H3. The average Bonchev–Trinajstić information content (AvgIpc) is 3.03. The minimum atomic E-state index is -3.96. The van der Waals surface area contributed by atoms with E-state index < -0.39 is 22.0 Å². The fraction of sp³-hybridized carbons (Fsp3) is 0.391. The summed E-state index contributed by atoms with van der Waals surface area (Å²) in [6, 6.07) is 12.2. The molecule has 31 heavy (non-hydrogen) atoms. The monoisotopic (exact) mass is 504 g/mol. The normalized spacial score (nSPS) is 20.6. The number of carbonyl (C=O) groups is 2. The molecule has 0 aromatic heterocycles. The van der Waals surface area contributed by atoms with Gasteiger partial charge in [-0.1, -0.05) is 52.9 Å². The number of benzene rings is 2. The molecule has 1 aliphatic heterocycles. The summed E-state index contributed by atoms with van der Waals surface area (Å²) in [5.74, 6) is -0.842. The molecule has 2 fully saturated rings. The van der Waals surface area contributed by atoms with E-state index in [0.29, 0.717) is 18.5 Å². The van der Waals surface area contributed by atoms with Gasteiger partial charge in [-0.25, -0.2) is 13.3 Å². The van der Waals surface area contributed by atoms with E-state index in [9.17, 15) is 18.0 Å². The van der Waals surface area contributed by atoms with E-state index >= 15 is 0 Å². The number of hydrogen-bond donors (Lipinski definition) is 0. The maximum atomic E-state index is 13.7. The third kappa shape index (κ3) is 4.33. The van der Waals surface area contributed by atoms with Crippen molar-refractivity contribution >= 4 is 43.5 Å². The van der Waals surface area contributed by atoms with E-state index in [1.54, 1.807) is 24.3 Å². The first kappa shape index (κ1) is 22.2. The molecule has 1 heterocycles. The summed E-state index contributed by atoms with van der Waals surface area (Å²) in [5, 5.41) is 0. The van der Waals surface area contributed by atoms with Gasteiger partial charge < -0.3 is 0 Å². The lowest BCUT2D eigenvalue weighted by Gasteiger charge is -2.36. The summed E-state index contributed by atoms with van der Waals surface area (Å²) in [6.07, 6.45) is 4.12. The molecule has 164 valence electrons. The molecule has 2 aliphatic rings. The summed E-state index contributed by atoms with van der Waals surface area (Å²) in [7, 11) is -3.96. The van der Waals surface area contributed by atoms with Crippen LogP contribution in [0, 0.1) is 6.92 Å². The highest BCUT2D eigenvalue weighted by molar-refractivity contribution is 9.10. The van der Waals surface area contributed by atoms with Crippen molar-refractivity contribution < 1.29 is 18.0 Å². The molecule has 2 aromatic rings. The molecule has 0 radical (unpaired) electrons. The summed E-state index contributed by atoms with van der Waals surface area (Å²) in [5.41, 5.74) is 1.49. The predicted molar refractivity (Wildman–Crippen MR) is 122 cm³/mol. The lowest BCUT2D eigenvalue weighted by Crippen LogP contribution is -2.51. The molecule has 1 aliphatic carbocycles. The van der Waals surface area contributed by atoms with E-state index in [2.05, 4.69) is 15.9 Å². The molecule has 4 rings (SSSR count). The molecule has 0 bridgehead atoms. The van der Waals surface area contributed by atoms with Gasteiger partial charge in [-0.05, 0) is 56.2 Å². The minimum Gasteiger partial charge on any atom is -0.274 e. The van der Waals surface area contributed by atoms with Gasteiger partial charge in [-0.15, -0.1) is 0 Å². The number of amides is 2. The van der Waals surface area contributed by atoms with Gasteiger partial charge in [0.2, 0.25) is 15.9 Å². The zero-order valence-corrected chi connectivity index (χ0v) is 19.7. The second-order valence-electron chi connectivity index (χ2n) is 8.20. The number of imide groups is 1. The van der Waals surface area contributed by atoms with Crippen LogP contribution in [0.2, 0.25) is 0 Å². The number of nitrogens with zero attached hydrogens (tertiary/aromatic N) is 2. The molecule has 8 heteroatoms. The van der Waals surface area contributed by atoms with Crippen LogP contribution in [0.15, 0.2) is 57.9 Å². The Hall–Kier alpha value is -2.03. The molecule has 1 unspecified atom stereocenters. The molecule has 0 N–H and O–H groups in total. The zero-order valence-electron chi connectivity index (χ0n) is 17.3. The van der Waals surface area contributed by atoms with Crippen LogP contribution in [0.5, 0.6) is 0 Å². The molecular weight excluding hydrogens is 480 g/mol. The van der Waals surface area contributed by atoms with Crippen molar-refractivity contribution in [1.29, 1.82) is 0 Å². The molecule has 6 nitrogen and oxygen atoms in total. The topological polar surface area (TPSA) is 74.8 Å². The van der Waals surface area contributed by atoms with Crippen molar-refractivity contribution in [3.8, 4) is 0 Å². The van der Waals surface area contributed by atoms with Crippen LogP contribution in [0.25, 0.3) is 0 Å². The van der Waals surface area contributed by atoms with Gasteiger partial charge in [0.1, 0.15) is 6.04 Å². The Morgan fingerprint density at radius 2 is 1.55 bits per heavy atom. The van der Waals surface area contributed by atoms with Crippen LogP contribution >= 0.6 is 15.9 Å². The predicted octanol–water partition coefficient (Wildman–Crippen LogP) is 4.41. The Bertz CT molecular complexity index is 1080. The van der Waals surface area contributed by atoms with E-state index in [1.165, 1.54) is 16.4 Å². The van der Waals surface area contributed by atoms with E-state index in [1.807, 2.05) is 19.1 Å². The number of hydrogen-bond acceptors (Lipinski definition) is 4. The average molecular weight is 505 g/mol. The summed E-state index contributed by atoms with van der Waals surface area (Å²) < 4.78 is 29.5. The summed E-state index contributed by atoms with van der Waals surface area (Å²) >= 11 is 3.33. The largest absolute Gasteiger partial charge is 0.274 e. The third-order valence-electron chi connectivity index (χ3n) is 6.05. The maximum Gasteiger partial charge on any atom is 0.252 e. The fourth-order valence-electron chi connectivity index (χ4n) is 4.46. The van der Waals surface area contributed by atoms with Crippen LogP contribution in [0.1, 0.15) is 44.1 Å². The molecule has 1 saturated heterocycles. The Kier molecular flexibility index (Phi) is 6.32. The van der Waals surface area contributed by atoms with Crippen LogP contribution in [0.3, 0.4) is 0 Å². The van der Waals surface area contributed by atoms with Gasteiger partial charge in [0.05, 0.1) is 17.0 Å². The Labute approximate surface area is 191 Å². The number of anilines is 1. The van der Waals surface area contributed by atoms with Gasteiger partial charge >= 0.3 is 0 Å². The maximum absolute atomic E-state index is 13.7. The first-order valence-corrected chi connectivity index (χ1v) is 12.7. The lowest BCUT2D eigenvalue weighted by atomic mass is 9.94. The minimum absolute atomic E-state index is 0.135. The van der Waals surface area contributed by atoms with Crippen molar-refractivity contribution in [2.75, 3.05) is 4.90 Å². The number of sulfonamides is 1. The van der Waals surface area contributed by atoms with E-state index in [-0.39, 0.29) is 23.3 Å². The SMILES string of the molecule is Cc1ccc(N2C(=O)CC(N(C3CCCCC3)S(=O)(=O)c3ccc(Br)cc3)C2=O)cc1. The Morgan fingerprint density at radius 3 is 2.16 bits per heavy atom. The number of carbonyl (C=O) groups excluding carboxylic acids is 2. The molecule has 2 aromatic carbocycles. The number of aryl methyl sites for hydroxylation is 1. The highest BCUT2D eigenvalue weighted by Gasteiger charge is 2.49. The van der Waals surface area contributed by atoms with Gasteiger partial charge in [0.25, 0.3) is 5.91 Å². The van der Waals surface area contributed by atoms with Crippen LogP contribution < -0.4 is 4.90 Å². The van der Waals surface area contributed by atoms with Gasteiger partial charge in [-0.2, -0.15) is 4.31 Å². The van der Waals surface area contributed by atoms with Crippen LogP contribution in [-0.4, -0.2) is 36.6 Å². The second kappa shape index (κ2) is 8.84. The van der Waals surface area contributed by atoms with Crippen molar-refractivity contribution in [1.82, 2.24) is 4.31 Å². The van der Waals surface area contributed by atoms with Gasteiger partial charge in [0.15, 0.2) is 0 Å². The molecule has 1 saturated carbocycles. The summed E-state index contributed by atoms with van der Waals surface area (Å²) in [6.45, 7) is 1.93. The van der Waals surface area contributed by atoms with Gasteiger partial charge in [0, 0.05) is 10.5 Å². The van der Waals surface area contributed by atoms with Gasteiger partial charge in [-0.3, -0.25) is 9.59 Å². The first-order chi connectivity index (χ1) is 14.8. The number of rotatable bonds is 5. The lowest BCUT2D eigenvalue weighted by molar-refractivity contribution is -0.122.